The number of carbonyl (C=O) groups excluding carboxylic acids is 2. The molecule has 0 aromatic heterocycles. The lowest BCUT2D eigenvalue weighted by Crippen LogP contribution is -2.59. The summed E-state index contributed by atoms with van der Waals surface area (Å²) in [5.74, 6) is 0.623. The van der Waals surface area contributed by atoms with Crippen LogP contribution in [0.2, 0.25) is 5.02 Å². The van der Waals surface area contributed by atoms with E-state index >= 15 is 0 Å². The first-order chi connectivity index (χ1) is 11.6. The summed E-state index contributed by atoms with van der Waals surface area (Å²) < 4.78 is 0. The first kappa shape index (κ1) is 17.3. The van der Waals surface area contributed by atoms with E-state index in [1.807, 2.05) is 31.2 Å². The molecule has 1 aliphatic heterocycles. The summed E-state index contributed by atoms with van der Waals surface area (Å²) in [5.41, 5.74) is 0.883. The Morgan fingerprint density at radius 3 is 2.54 bits per heavy atom. The number of piperazine rings is 1. The van der Waals surface area contributed by atoms with Gasteiger partial charge in [-0.05, 0) is 37.3 Å². The molecule has 1 aromatic rings. The van der Waals surface area contributed by atoms with Gasteiger partial charge in [0.2, 0.25) is 11.8 Å². The average Bonchev–Trinajstić information content (AvgIpc) is 2.59. The van der Waals surface area contributed by atoms with Crippen molar-refractivity contribution in [3.63, 3.8) is 0 Å². The van der Waals surface area contributed by atoms with Crippen molar-refractivity contribution >= 4 is 23.4 Å². The van der Waals surface area contributed by atoms with E-state index in [9.17, 15) is 9.59 Å². The SMILES string of the molecule is C[C@H]1C(=O)N(Cc2ccccc2Cl)CC(=O)N1CC1CCCCC1. The third kappa shape index (κ3) is 3.75. The van der Waals surface area contributed by atoms with Gasteiger partial charge < -0.3 is 9.80 Å². The van der Waals surface area contributed by atoms with Gasteiger partial charge in [-0.2, -0.15) is 0 Å². The molecule has 130 valence electrons. The van der Waals surface area contributed by atoms with Crippen LogP contribution in [0.3, 0.4) is 0 Å². The summed E-state index contributed by atoms with van der Waals surface area (Å²) in [6.45, 7) is 3.13. The van der Waals surface area contributed by atoms with Crippen molar-refractivity contribution in [3.8, 4) is 0 Å². The quantitative estimate of drug-likeness (QED) is 0.835. The Bertz CT molecular complexity index is 613. The molecule has 0 N–H and O–H groups in total. The Morgan fingerprint density at radius 1 is 1.12 bits per heavy atom. The molecule has 1 aliphatic carbocycles. The summed E-state index contributed by atoms with van der Waals surface area (Å²) in [6.07, 6.45) is 6.13. The molecule has 1 heterocycles. The molecule has 5 heteroatoms. The molecule has 0 unspecified atom stereocenters. The number of nitrogens with zero attached hydrogens (tertiary/aromatic N) is 2. The topological polar surface area (TPSA) is 40.6 Å². The minimum atomic E-state index is -0.379. The fourth-order valence-corrected chi connectivity index (χ4v) is 4.01. The molecule has 3 rings (SSSR count). The van der Waals surface area contributed by atoms with Crippen molar-refractivity contribution in [1.29, 1.82) is 0 Å². The molecule has 1 atom stereocenters. The Labute approximate surface area is 148 Å². The predicted octanol–water partition coefficient (Wildman–Crippen LogP) is 3.48. The molecule has 1 saturated heterocycles. The van der Waals surface area contributed by atoms with Crippen molar-refractivity contribution in [3.05, 3.63) is 34.9 Å². The number of rotatable bonds is 4. The number of hydrogen-bond acceptors (Lipinski definition) is 2. The van der Waals surface area contributed by atoms with E-state index in [2.05, 4.69) is 0 Å². The van der Waals surface area contributed by atoms with E-state index in [0.717, 1.165) is 12.1 Å². The van der Waals surface area contributed by atoms with Crippen LogP contribution in [0, 0.1) is 5.92 Å². The second kappa shape index (κ2) is 7.56. The fraction of sp³-hybridized carbons (Fsp3) is 0.579. The van der Waals surface area contributed by atoms with Crippen LogP contribution in [0.4, 0.5) is 0 Å². The third-order valence-corrected chi connectivity index (χ3v) is 5.65. The highest BCUT2D eigenvalue weighted by molar-refractivity contribution is 6.31. The number of hydrogen-bond donors (Lipinski definition) is 0. The predicted molar refractivity (Wildman–Crippen MR) is 94.6 cm³/mol. The van der Waals surface area contributed by atoms with Gasteiger partial charge in [0.05, 0.1) is 0 Å². The zero-order valence-electron chi connectivity index (χ0n) is 14.2. The molecule has 2 aliphatic rings. The van der Waals surface area contributed by atoms with E-state index in [1.165, 1.54) is 32.1 Å². The highest BCUT2D eigenvalue weighted by Crippen LogP contribution is 2.27. The Balaban J connectivity index is 1.66. The maximum atomic E-state index is 12.7. The molecule has 0 bridgehead atoms. The minimum Gasteiger partial charge on any atom is -0.329 e. The molecule has 4 nitrogen and oxygen atoms in total. The lowest BCUT2D eigenvalue weighted by molar-refractivity contribution is -0.156. The standard InChI is InChI=1S/C19H25ClN2O2/c1-14-19(24)21(12-16-9-5-6-10-17(16)20)13-18(23)22(14)11-15-7-3-2-4-8-15/h5-6,9-10,14-15H,2-4,7-8,11-13H2,1H3/t14-/m0/s1. The van der Waals surface area contributed by atoms with Gasteiger partial charge in [-0.1, -0.05) is 49.1 Å². The third-order valence-electron chi connectivity index (χ3n) is 5.28. The number of halogens is 1. The highest BCUT2D eigenvalue weighted by atomic mass is 35.5. The molecule has 1 saturated carbocycles. The lowest BCUT2D eigenvalue weighted by atomic mass is 9.88. The smallest absolute Gasteiger partial charge is 0.245 e. The molecule has 2 amide bonds. The largest absolute Gasteiger partial charge is 0.329 e. The van der Waals surface area contributed by atoms with E-state index in [-0.39, 0.29) is 24.4 Å². The lowest BCUT2D eigenvalue weighted by Gasteiger charge is -2.41. The van der Waals surface area contributed by atoms with E-state index < -0.39 is 0 Å². The normalized spacial score (nSPS) is 23.0. The second-order valence-electron chi connectivity index (χ2n) is 7.01. The maximum absolute atomic E-state index is 12.7. The zero-order valence-corrected chi connectivity index (χ0v) is 15.0. The van der Waals surface area contributed by atoms with Crippen LogP contribution >= 0.6 is 11.6 Å². The van der Waals surface area contributed by atoms with Crippen LogP contribution in [0.1, 0.15) is 44.6 Å². The number of benzene rings is 1. The fourth-order valence-electron chi connectivity index (χ4n) is 3.82. The average molecular weight is 349 g/mol. The summed E-state index contributed by atoms with van der Waals surface area (Å²) in [7, 11) is 0. The Kier molecular flexibility index (Phi) is 5.44. The van der Waals surface area contributed by atoms with Gasteiger partial charge in [-0.15, -0.1) is 0 Å². The van der Waals surface area contributed by atoms with E-state index in [1.54, 1.807) is 9.80 Å². The highest BCUT2D eigenvalue weighted by Gasteiger charge is 2.37. The van der Waals surface area contributed by atoms with E-state index in [0.29, 0.717) is 17.5 Å². The summed E-state index contributed by atoms with van der Waals surface area (Å²) in [6, 6.07) is 7.10. The van der Waals surface area contributed by atoms with Crippen LogP contribution in [0.15, 0.2) is 24.3 Å². The molecular formula is C19H25ClN2O2. The van der Waals surface area contributed by atoms with Crippen molar-refractivity contribution in [2.45, 2.75) is 51.6 Å². The van der Waals surface area contributed by atoms with Crippen LogP contribution in [-0.2, 0) is 16.1 Å². The van der Waals surface area contributed by atoms with Crippen LogP contribution in [-0.4, -0.2) is 40.7 Å². The van der Waals surface area contributed by atoms with Crippen LogP contribution < -0.4 is 0 Å². The van der Waals surface area contributed by atoms with Gasteiger partial charge in [-0.3, -0.25) is 9.59 Å². The van der Waals surface area contributed by atoms with Gasteiger partial charge in [0.15, 0.2) is 0 Å². The summed E-state index contributed by atoms with van der Waals surface area (Å²) in [4.78, 5) is 28.8. The first-order valence-corrected chi connectivity index (χ1v) is 9.25. The molecule has 24 heavy (non-hydrogen) atoms. The monoisotopic (exact) mass is 348 g/mol. The van der Waals surface area contributed by atoms with E-state index in [4.69, 9.17) is 11.6 Å². The molecule has 0 radical (unpaired) electrons. The van der Waals surface area contributed by atoms with Crippen molar-refractivity contribution in [2.24, 2.45) is 5.92 Å². The Morgan fingerprint density at radius 2 is 1.83 bits per heavy atom. The van der Waals surface area contributed by atoms with Gasteiger partial charge in [0.25, 0.3) is 0 Å². The van der Waals surface area contributed by atoms with Gasteiger partial charge in [-0.25, -0.2) is 0 Å². The van der Waals surface area contributed by atoms with Crippen molar-refractivity contribution in [2.75, 3.05) is 13.1 Å². The summed E-state index contributed by atoms with van der Waals surface area (Å²) in [5, 5.41) is 0.634. The molecule has 2 fully saturated rings. The molecule has 0 spiro atoms. The first-order valence-electron chi connectivity index (χ1n) is 8.88. The molecular weight excluding hydrogens is 324 g/mol. The van der Waals surface area contributed by atoms with Crippen LogP contribution in [0.25, 0.3) is 0 Å². The molecule has 1 aromatic carbocycles. The van der Waals surface area contributed by atoms with Gasteiger partial charge >= 0.3 is 0 Å². The minimum absolute atomic E-state index is 0.0188. The van der Waals surface area contributed by atoms with Gasteiger partial charge in [0.1, 0.15) is 12.6 Å². The van der Waals surface area contributed by atoms with Crippen molar-refractivity contribution < 1.29 is 9.59 Å². The number of amides is 2. The van der Waals surface area contributed by atoms with Gasteiger partial charge in [0, 0.05) is 18.1 Å². The van der Waals surface area contributed by atoms with Crippen molar-refractivity contribution in [1.82, 2.24) is 9.80 Å². The zero-order chi connectivity index (χ0) is 17.1. The number of carbonyl (C=O) groups is 2. The maximum Gasteiger partial charge on any atom is 0.245 e. The van der Waals surface area contributed by atoms with Crippen LogP contribution in [0.5, 0.6) is 0 Å². The Hall–Kier alpha value is -1.55. The second-order valence-corrected chi connectivity index (χ2v) is 7.42. The summed E-state index contributed by atoms with van der Waals surface area (Å²) >= 11 is 6.19.